The van der Waals surface area contributed by atoms with Crippen molar-refractivity contribution in [3.05, 3.63) is 120 Å². The van der Waals surface area contributed by atoms with Crippen LogP contribution in [0.25, 0.3) is 6.08 Å². The molecule has 222 valence electrons. The molecule has 0 aromatic heterocycles. The number of carbonyl (C=O) groups is 2. The zero-order valence-electron chi connectivity index (χ0n) is 23.2. The lowest BCUT2D eigenvalue weighted by molar-refractivity contribution is -0.137. The maximum absolute atomic E-state index is 13.0. The second kappa shape index (κ2) is 14.6. The van der Waals surface area contributed by atoms with Crippen molar-refractivity contribution < 1.29 is 37.0 Å². The Morgan fingerprint density at radius 1 is 0.744 bits per heavy atom. The molecule has 7 nitrogen and oxygen atoms in total. The largest absolute Gasteiger partial charge is 0.490 e. The van der Waals surface area contributed by atoms with Crippen LogP contribution in [0.3, 0.4) is 0 Å². The van der Waals surface area contributed by atoms with Crippen LogP contribution >= 0.6 is 0 Å². The number of benzene rings is 4. The minimum Gasteiger partial charge on any atom is -0.490 e. The Kier molecular flexibility index (Phi) is 10.4. The average Bonchev–Trinajstić information content (AvgIpc) is 2.99. The van der Waals surface area contributed by atoms with Crippen LogP contribution in [0.1, 0.15) is 28.4 Å². The van der Waals surface area contributed by atoms with E-state index in [1.165, 1.54) is 30.3 Å². The average molecular weight is 591 g/mol. The molecule has 0 aliphatic rings. The topological polar surface area (TPSA) is 85.9 Å². The highest BCUT2D eigenvalue weighted by Crippen LogP contribution is 2.31. The summed E-state index contributed by atoms with van der Waals surface area (Å²) in [4.78, 5) is 25.2. The van der Waals surface area contributed by atoms with E-state index in [4.69, 9.17) is 14.2 Å². The maximum Gasteiger partial charge on any atom is 0.416 e. The van der Waals surface area contributed by atoms with Crippen LogP contribution in [0.2, 0.25) is 0 Å². The molecule has 0 fully saturated rings. The lowest BCUT2D eigenvalue weighted by Crippen LogP contribution is -2.14. The van der Waals surface area contributed by atoms with E-state index in [-0.39, 0.29) is 11.3 Å². The third kappa shape index (κ3) is 9.39. The van der Waals surface area contributed by atoms with Crippen molar-refractivity contribution in [2.75, 3.05) is 30.5 Å². The normalized spacial score (nSPS) is 11.2. The molecule has 2 amide bonds. The second-order valence-electron chi connectivity index (χ2n) is 9.09. The summed E-state index contributed by atoms with van der Waals surface area (Å²) in [6.45, 7) is 2.93. The summed E-state index contributed by atoms with van der Waals surface area (Å²) >= 11 is 0. The van der Waals surface area contributed by atoms with Gasteiger partial charge in [0.25, 0.3) is 5.91 Å². The number of hydrogen-bond acceptors (Lipinski definition) is 5. The molecule has 0 saturated carbocycles. The monoisotopic (exact) mass is 590 g/mol. The molecule has 0 spiro atoms. The Balaban J connectivity index is 1.33. The summed E-state index contributed by atoms with van der Waals surface area (Å²) < 4.78 is 56.1. The fraction of sp³-hybridized carbons (Fsp3) is 0.152. The van der Waals surface area contributed by atoms with Crippen molar-refractivity contribution in [1.82, 2.24) is 0 Å². The zero-order chi connectivity index (χ0) is 30.7. The number of ether oxygens (including phenoxy) is 3. The predicted molar refractivity (Wildman–Crippen MR) is 159 cm³/mol. The van der Waals surface area contributed by atoms with Crippen LogP contribution in [0.5, 0.6) is 17.2 Å². The Morgan fingerprint density at radius 2 is 1.47 bits per heavy atom. The van der Waals surface area contributed by atoms with E-state index in [9.17, 15) is 22.8 Å². The molecule has 0 heterocycles. The van der Waals surface area contributed by atoms with Crippen molar-refractivity contribution >= 4 is 29.3 Å². The van der Waals surface area contributed by atoms with Gasteiger partial charge in [0.15, 0.2) is 11.5 Å². The Labute approximate surface area is 246 Å². The van der Waals surface area contributed by atoms with Gasteiger partial charge in [0.1, 0.15) is 19.0 Å². The SMILES string of the molecule is CCOc1cc(/C=C/C(=O)Nc2cccc(C(=O)Nc3cccc(C(F)(F)F)c3)c2)ccc1OCCOc1ccccc1. The van der Waals surface area contributed by atoms with Crippen LogP contribution in [-0.4, -0.2) is 31.6 Å². The number of para-hydroxylation sites is 1. The van der Waals surface area contributed by atoms with E-state index in [1.54, 1.807) is 36.4 Å². The molecule has 0 aliphatic heterocycles. The molecule has 0 unspecified atom stereocenters. The van der Waals surface area contributed by atoms with Gasteiger partial charge >= 0.3 is 6.18 Å². The molecule has 0 bridgehead atoms. The predicted octanol–water partition coefficient (Wildman–Crippen LogP) is 7.47. The Morgan fingerprint density at radius 3 is 2.21 bits per heavy atom. The quantitative estimate of drug-likeness (QED) is 0.132. The number of rotatable bonds is 12. The molecule has 2 N–H and O–H groups in total. The number of carbonyl (C=O) groups excluding carboxylic acids is 2. The molecule has 4 rings (SSSR count). The molecule has 0 radical (unpaired) electrons. The summed E-state index contributed by atoms with van der Waals surface area (Å²) in [6.07, 6.45) is -1.60. The van der Waals surface area contributed by atoms with E-state index < -0.39 is 23.6 Å². The van der Waals surface area contributed by atoms with Crippen LogP contribution < -0.4 is 24.8 Å². The minimum absolute atomic E-state index is 0.000514. The van der Waals surface area contributed by atoms with Crippen molar-refractivity contribution in [3.63, 3.8) is 0 Å². The van der Waals surface area contributed by atoms with Crippen molar-refractivity contribution in [2.45, 2.75) is 13.1 Å². The van der Waals surface area contributed by atoms with E-state index >= 15 is 0 Å². The lowest BCUT2D eigenvalue weighted by atomic mass is 10.1. The Hall–Kier alpha value is -5.25. The Bertz CT molecular complexity index is 1570. The smallest absolute Gasteiger partial charge is 0.416 e. The summed E-state index contributed by atoms with van der Waals surface area (Å²) in [5.41, 5.74) is 0.316. The van der Waals surface area contributed by atoms with Gasteiger partial charge in [0, 0.05) is 23.0 Å². The van der Waals surface area contributed by atoms with Gasteiger partial charge in [-0.1, -0.05) is 36.4 Å². The minimum atomic E-state index is -4.53. The van der Waals surface area contributed by atoms with Gasteiger partial charge in [-0.2, -0.15) is 13.2 Å². The molecule has 0 atom stereocenters. The van der Waals surface area contributed by atoms with Gasteiger partial charge in [0.05, 0.1) is 12.2 Å². The number of nitrogens with one attached hydrogen (secondary N) is 2. The molecule has 10 heteroatoms. The van der Waals surface area contributed by atoms with Crippen LogP contribution in [0.4, 0.5) is 24.5 Å². The van der Waals surface area contributed by atoms with Crippen molar-refractivity contribution in [1.29, 1.82) is 0 Å². The third-order valence-electron chi connectivity index (χ3n) is 5.89. The lowest BCUT2D eigenvalue weighted by Gasteiger charge is -2.13. The highest BCUT2D eigenvalue weighted by atomic mass is 19.4. The molecule has 4 aromatic rings. The van der Waals surface area contributed by atoms with Gasteiger partial charge in [-0.15, -0.1) is 0 Å². The first kappa shape index (κ1) is 30.7. The second-order valence-corrected chi connectivity index (χ2v) is 9.09. The third-order valence-corrected chi connectivity index (χ3v) is 5.89. The first-order valence-electron chi connectivity index (χ1n) is 13.4. The van der Waals surface area contributed by atoms with Gasteiger partial charge in [-0.05, 0) is 79.2 Å². The van der Waals surface area contributed by atoms with Gasteiger partial charge in [-0.25, -0.2) is 0 Å². The molecule has 43 heavy (non-hydrogen) atoms. The molecule has 0 aliphatic carbocycles. The maximum atomic E-state index is 13.0. The van der Waals surface area contributed by atoms with Crippen molar-refractivity contribution in [3.8, 4) is 17.2 Å². The van der Waals surface area contributed by atoms with Crippen LogP contribution in [-0.2, 0) is 11.0 Å². The zero-order valence-corrected chi connectivity index (χ0v) is 23.2. The summed E-state index contributed by atoms with van der Waals surface area (Å²) in [7, 11) is 0. The number of alkyl halides is 3. The molecule has 0 saturated heterocycles. The molecular weight excluding hydrogens is 561 g/mol. The fourth-order valence-electron chi connectivity index (χ4n) is 3.91. The fourth-order valence-corrected chi connectivity index (χ4v) is 3.91. The summed E-state index contributed by atoms with van der Waals surface area (Å²) in [6, 6.07) is 25.1. The van der Waals surface area contributed by atoms with E-state index in [2.05, 4.69) is 10.6 Å². The van der Waals surface area contributed by atoms with E-state index in [1.807, 2.05) is 37.3 Å². The number of anilines is 2. The number of hydrogen-bond donors (Lipinski definition) is 2. The van der Waals surface area contributed by atoms with Crippen LogP contribution in [0, 0.1) is 0 Å². The van der Waals surface area contributed by atoms with Gasteiger partial charge in [-0.3, -0.25) is 9.59 Å². The van der Waals surface area contributed by atoms with Crippen LogP contribution in [0.15, 0.2) is 103 Å². The highest BCUT2D eigenvalue weighted by molar-refractivity contribution is 6.06. The van der Waals surface area contributed by atoms with E-state index in [0.29, 0.717) is 42.6 Å². The van der Waals surface area contributed by atoms with Gasteiger partial charge in [0.2, 0.25) is 5.91 Å². The van der Waals surface area contributed by atoms with E-state index in [0.717, 1.165) is 17.9 Å². The number of halogens is 3. The van der Waals surface area contributed by atoms with Crippen molar-refractivity contribution in [2.24, 2.45) is 0 Å². The standard InChI is InChI=1S/C33H29F3N2O5/c1-2-41-30-20-23(14-16-29(30)43-19-18-42-28-12-4-3-5-13-28)15-17-31(39)37-26-10-6-8-24(21-26)32(40)38-27-11-7-9-25(22-27)33(34,35)36/h3-17,20-22H,2,18-19H2,1H3,(H,37,39)(H,38,40)/b17-15+. The molecular formula is C33H29F3N2O5. The first-order chi connectivity index (χ1) is 20.7. The summed E-state index contributed by atoms with van der Waals surface area (Å²) in [5.74, 6) is 0.736. The van der Waals surface area contributed by atoms with Gasteiger partial charge < -0.3 is 24.8 Å². The molecule has 4 aromatic carbocycles. The first-order valence-corrected chi connectivity index (χ1v) is 13.4. The highest BCUT2D eigenvalue weighted by Gasteiger charge is 2.30. The summed E-state index contributed by atoms with van der Waals surface area (Å²) in [5, 5.41) is 5.12. The number of amides is 2.